The molecule has 6 heteroatoms. The number of benzene rings is 1. The Morgan fingerprint density at radius 1 is 1.29 bits per heavy atom. The maximum atomic E-state index is 12.3. The Hall–Kier alpha value is -2.24. The number of hydrogen-bond acceptors (Lipinski definition) is 4. The third-order valence-electron chi connectivity index (χ3n) is 3.11. The quantitative estimate of drug-likeness (QED) is 0.765. The third-order valence-corrected chi connectivity index (χ3v) is 3.11. The Kier molecular flexibility index (Phi) is 6.02. The summed E-state index contributed by atoms with van der Waals surface area (Å²) in [6, 6.07) is 5.15. The summed E-state index contributed by atoms with van der Waals surface area (Å²) >= 11 is 0. The molecule has 0 atom stereocenters. The van der Waals surface area contributed by atoms with Gasteiger partial charge in [0.05, 0.1) is 17.8 Å². The molecule has 6 nitrogen and oxygen atoms in total. The summed E-state index contributed by atoms with van der Waals surface area (Å²) in [4.78, 5) is 27.4. The van der Waals surface area contributed by atoms with E-state index in [0.717, 1.165) is 6.42 Å². The largest absolute Gasteiger partial charge is 0.399 e. The van der Waals surface area contributed by atoms with Crippen molar-refractivity contribution in [2.45, 2.75) is 13.3 Å². The van der Waals surface area contributed by atoms with Crippen LogP contribution in [0.2, 0.25) is 0 Å². The SMILES string of the molecule is CCCN(CC(=O)NC)c1cc(N)ccc1C(=O)N(C)C. The highest BCUT2D eigenvalue weighted by atomic mass is 16.2. The van der Waals surface area contributed by atoms with Gasteiger partial charge >= 0.3 is 0 Å². The lowest BCUT2D eigenvalue weighted by Crippen LogP contribution is -2.37. The minimum absolute atomic E-state index is 0.103. The Bertz CT molecular complexity index is 514. The zero-order valence-electron chi connectivity index (χ0n) is 13.1. The van der Waals surface area contributed by atoms with Crippen molar-refractivity contribution >= 4 is 23.2 Å². The summed E-state index contributed by atoms with van der Waals surface area (Å²) < 4.78 is 0. The molecule has 3 N–H and O–H groups in total. The molecule has 1 aromatic carbocycles. The number of nitrogens with zero attached hydrogens (tertiary/aromatic N) is 2. The van der Waals surface area contributed by atoms with Crippen LogP contribution in [0.4, 0.5) is 11.4 Å². The van der Waals surface area contributed by atoms with Gasteiger partial charge in [0.15, 0.2) is 0 Å². The molecule has 2 amide bonds. The van der Waals surface area contributed by atoms with Crippen molar-refractivity contribution in [3.63, 3.8) is 0 Å². The van der Waals surface area contributed by atoms with Crippen molar-refractivity contribution in [1.82, 2.24) is 10.2 Å². The lowest BCUT2D eigenvalue weighted by molar-refractivity contribution is -0.119. The fraction of sp³-hybridized carbons (Fsp3) is 0.467. The van der Waals surface area contributed by atoms with Gasteiger partial charge in [0.25, 0.3) is 5.91 Å². The minimum atomic E-state index is -0.108. The summed E-state index contributed by atoms with van der Waals surface area (Å²) in [7, 11) is 4.99. The number of nitrogens with one attached hydrogen (secondary N) is 1. The Balaban J connectivity index is 3.24. The summed E-state index contributed by atoms with van der Waals surface area (Å²) in [6.07, 6.45) is 0.862. The van der Waals surface area contributed by atoms with Crippen LogP contribution >= 0.6 is 0 Å². The van der Waals surface area contributed by atoms with E-state index in [4.69, 9.17) is 5.73 Å². The number of rotatable bonds is 6. The van der Waals surface area contributed by atoms with Crippen LogP contribution in [0.1, 0.15) is 23.7 Å². The van der Waals surface area contributed by atoms with Crippen LogP contribution in [-0.4, -0.2) is 50.9 Å². The molecule has 0 saturated heterocycles. The van der Waals surface area contributed by atoms with E-state index in [1.165, 1.54) is 4.90 Å². The Morgan fingerprint density at radius 3 is 2.48 bits per heavy atom. The third kappa shape index (κ3) is 4.37. The fourth-order valence-electron chi connectivity index (χ4n) is 2.04. The standard InChI is InChI=1S/C15H24N4O2/c1-5-8-19(10-14(20)17-2)13-9-11(16)6-7-12(13)15(21)18(3)4/h6-7,9H,5,8,10,16H2,1-4H3,(H,17,20). The van der Waals surface area contributed by atoms with Crippen molar-refractivity contribution in [3.05, 3.63) is 23.8 Å². The van der Waals surface area contributed by atoms with E-state index in [1.807, 2.05) is 11.8 Å². The summed E-state index contributed by atoms with van der Waals surface area (Å²) in [5, 5.41) is 2.60. The van der Waals surface area contributed by atoms with Gasteiger partial charge in [-0.3, -0.25) is 9.59 Å². The first-order valence-corrected chi connectivity index (χ1v) is 6.97. The second-order valence-corrected chi connectivity index (χ2v) is 5.07. The molecule has 0 aliphatic heterocycles. The first kappa shape index (κ1) is 16.8. The molecule has 0 fully saturated rings. The van der Waals surface area contributed by atoms with Crippen molar-refractivity contribution in [1.29, 1.82) is 0 Å². The van der Waals surface area contributed by atoms with Crippen LogP contribution in [0.15, 0.2) is 18.2 Å². The van der Waals surface area contributed by atoms with Gasteiger partial charge in [-0.1, -0.05) is 6.92 Å². The molecule has 0 aliphatic carbocycles. The second kappa shape index (κ2) is 7.52. The van der Waals surface area contributed by atoms with Crippen molar-refractivity contribution in [2.24, 2.45) is 0 Å². The van der Waals surface area contributed by atoms with Gasteiger partial charge in [0.2, 0.25) is 5.91 Å². The van der Waals surface area contributed by atoms with Gasteiger partial charge in [-0.05, 0) is 24.6 Å². The van der Waals surface area contributed by atoms with Crippen LogP contribution in [0.3, 0.4) is 0 Å². The number of hydrogen-bond donors (Lipinski definition) is 2. The van der Waals surface area contributed by atoms with Crippen molar-refractivity contribution in [3.8, 4) is 0 Å². The predicted molar refractivity (Wildman–Crippen MR) is 85.4 cm³/mol. The first-order valence-electron chi connectivity index (χ1n) is 6.97. The summed E-state index contributed by atoms with van der Waals surface area (Å²) in [5.41, 5.74) is 7.66. The summed E-state index contributed by atoms with van der Waals surface area (Å²) in [6.45, 7) is 2.89. The number of amides is 2. The molecular formula is C15H24N4O2. The highest BCUT2D eigenvalue weighted by molar-refractivity contribution is 6.00. The number of carbonyl (C=O) groups excluding carboxylic acids is 2. The average molecular weight is 292 g/mol. The molecular weight excluding hydrogens is 268 g/mol. The molecule has 1 aromatic rings. The smallest absolute Gasteiger partial charge is 0.255 e. The molecule has 116 valence electrons. The van der Waals surface area contributed by atoms with E-state index < -0.39 is 0 Å². The zero-order valence-corrected chi connectivity index (χ0v) is 13.1. The first-order chi connectivity index (χ1) is 9.90. The highest BCUT2D eigenvalue weighted by Gasteiger charge is 2.19. The van der Waals surface area contributed by atoms with E-state index >= 15 is 0 Å². The van der Waals surface area contributed by atoms with E-state index in [0.29, 0.717) is 23.5 Å². The van der Waals surface area contributed by atoms with Crippen molar-refractivity contribution in [2.75, 3.05) is 44.9 Å². The van der Waals surface area contributed by atoms with Gasteiger partial charge in [0, 0.05) is 33.4 Å². The molecule has 1 rings (SSSR count). The molecule has 21 heavy (non-hydrogen) atoms. The fourth-order valence-corrected chi connectivity index (χ4v) is 2.04. The highest BCUT2D eigenvalue weighted by Crippen LogP contribution is 2.25. The van der Waals surface area contributed by atoms with Crippen LogP contribution in [0, 0.1) is 0 Å². The monoisotopic (exact) mass is 292 g/mol. The average Bonchev–Trinajstić information content (AvgIpc) is 2.45. The zero-order chi connectivity index (χ0) is 16.0. The maximum Gasteiger partial charge on any atom is 0.255 e. The van der Waals surface area contributed by atoms with E-state index in [-0.39, 0.29) is 18.4 Å². The van der Waals surface area contributed by atoms with Gasteiger partial charge in [0.1, 0.15) is 0 Å². The molecule has 0 aliphatic rings. The molecule has 0 radical (unpaired) electrons. The summed E-state index contributed by atoms with van der Waals surface area (Å²) in [5.74, 6) is -0.211. The molecule has 0 unspecified atom stereocenters. The molecule has 0 saturated carbocycles. The Labute approximate surface area is 125 Å². The topological polar surface area (TPSA) is 78.7 Å². The van der Waals surface area contributed by atoms with Gasteiger partial charge < -0.3 is 20.9 Å². The van der Waals surface area contributed by atoms with Gasteiger partial charge in [-0.25, -0.2) is 0 Å². The predicted octanol–water partition coefficient (Wildman–Crippen LogP) is 0.933. The number of nitrogen functional groups attached to an aromatic ring is 1. The molecule has 0 bridgehead atoms. The van der Waals surface area contributed by atoms with E-state index in [2.05, 4.69) is 5.32 Å². The number of nitrogens with two attached hydrogens (primary N) is 1. The van der Waals surface area contributed by atoms with E-state index in [9.17, 15) is 9.59 Å². The van der Waals surface area contributed by atoms with Crippen LogP contribution in [-0.2, 0) is 4.79 Å². The number of carbonyl (C=O) groups is 2. The van der Waals surface area contributed by atoms with Crippen LogP contribution < -0.4 is 16.0 Å². The normalized spacial score (nSPS) is 10.1. The molecule has 0 aromatic heterocycles. The lowest BCUT2D eigenvalue weighted by Gasteiger charge is -2.26. The minimum Gasteiger partial charge on any atom is -0.399 e. The number of likely N-dealkylation sites (N-methyl/N-ethyl adjacent to an activating group) is 1. The van der Waals surface area contributed by atoms with Gasteiger partial charge in [-0.2, -0.15) is 0 Å². The molecule has 0 heterocycles. The van der Waals surface area contributed by atoms with Crippen molar-refractivity contribution < 1.29 is 9.59 Å². The van der Waals surface area contributed by atoms with Crippen LogP contribution in [0.25, 0.3) is 0 Å². The van der Waals surface area contributed by atoms with Crippen LogP contribution in [0.5, 0.6) is 0 Å². The second-order valence-electron chi connectivity index (χ2n) is 5.07. The van der Waals surface area contributed by atoms with Gasteiger partial charge in [-0.15, -0.1) is 0 Å². The van der Waals surface area contributed by atoms with E-state index in [1.54, 1.807) is 39.3 Å². The molecule has 0 spiro atoms. The Morgan fingerprint density at radius 2 is 1.95 bits per heavy atom. The maximum absolute atomic E-state index is 12.3. The number of anilines is 2. The lowest BCUT2D eigenvalue weighted by atomic mass is 10.1.